The maximum atomic E-state index is 13.2. The number of aromatic amines is 1. The SMILES string of the molecule is CCCN(C(=O)C1CCCN(S(=O)(=O)c2c(C)n[nH]c2C)C1)C1CCNC1. The third-order valence-corrected chi connectivity index (χ3v) is 7.74. The number of aryl methyl sites for hydroxylation is 2. The van der Waals surface area contributed by atoms with E-state index in [2.05, 4.69) is 22.4 Å². The maximum Gasteiger partial charge on any atom is 0.246 e. The standard InChI is InChI=1S/C18H31N5O3S/c1-4-9-23(16-7-8-19-11-16)18(24)15-6-5-10-22(12-15)27(25,26)17-13(2)20-21-14(17)3/h15-16,19H,4-12H2,1-3H3,(H,20,21). The number of carbonyl (C=O) groups excluding carboxylic acids is 1. The monoisotopic (exact) mass is 397 g/mol. The molecule has 0 radical (unpaired) electrons. The molecule has 0 aliphatic carbocycles. The largest absolute Gasteiger partial charge is 0.338 e. The summed E-state index contributed by atoms with van der Waals surface area (Å²) in [6.07, 6.45) is 3.32. The maximum absolute atomic E-state index is 13.2. The zero-order chi connectivity index (χ0) is 19.6. The summed E-state index contributed by atoms with van der Waals surface area (Å²) < 4.78 is 27.8. The van der Waals surface area contributed by atoms with Crippen molar-refractivity contribution in [2.24, 2.45) is 5.92 Å². The van der Waals surface area contributed by atoms with Crippen LogP contribution >= 0.6 is 0 Å². The third-order valence-electron chi connectivity index (χ3n) is 5.61. The molecule has 152 valence electrons. The van der Waals surface area contributed by atoms with Crippen molar-refractivity contribution in [3.63, 3.8) is 0 Å². The average Bonchev–Trinajstić information content (AvgIpc) is 3.29. The predicted octanol–water partition coefficient (Wildman–Crippen LogP) is 1.03. The van der Waals surface area contributed by atoms with Crippen molar-refractivity contribution in [3.8, 4) is 0 Å². The Morgan fingerprint density at radius 1 is 1.33 bits per heavy atom. The summed E-state index contributed by atoms with van der Waals surface area (Å²) in [7, 11) is -3.65. The van der Waals surface area contributed by atoms with Crippen molar-refractivity contribution in [2.45, 2.75) is 57.4 Å². The number of aromatic nitrogens is 2. The minimum atomic E-state index is -3.65. The number of piperidine rings is 1. The molecule has 1 aromatic heterocycles. The van der Waals surface area contributed by atoms with Crippen molar-refractivity contribution >= 4 is 15.9 Å². The van der Waals surface area contributed by atoms with Crippen molar-refractivity contribution in [1.82, 2.24) is 24.7 Å². The highest BCUT2D eigenvalue weighted by Crippen LogP contribution is 2.28. The molecule has 1 aromatic rings. The van der Waals surface area contributed by atoms with Crippen LogP contribution in [0, 0.1) is 19.8 Å². The van der Waals surface area contributed by atoms with Crippen LogP contribution in [0.15, 0.2) is 4.90 Å². The van der Waals surface area contributed by atoms with Gasteiger partial charge in [-0.15, -0.1) is 0 Å². The Bertz CT molecular complexity index is 750. The Hall–Kier alpha value is -1.45. The minimum absolute atomic E-state index is 0.103. The molecule has 2 aliphatic rings. The predicted molar refractivity (Wildman–Crippen MR) is 103 cm³/mol. The Morgan fingerprint density at radius 3 is 2.70 bits per heavy atom. The molecule has 3 rings (SSSR count). The summed E-state index contributed by atoms with van der Waals surface area (Å²) >= 11 is 0. The number of nitrogens with one attached hydrogen (secondary N) is 2. The van der Waals surface area contributed by atoms with E-state index in [1.165, 1.54) is 4.31 Å². The van der Waals surface area contributed by atoms with Gasteiger partial charge in [0.05, 0.1) is 17.3 Å². The van der Waals surface area contributed by atoms with Gasteiger partial charge in [-0.3, -0.25) is 9.89 Å². The fourth-order valence-electron chi connectivity index (χ4n) is 4.27. The second kappa shape index (κ2) is 8.28. The molecule has 0 spiro atoms. The van der Waals surface area contributed by atoms with Crippen LogP contribution in [0.2, 0.25) is 0 Å². The van der Waals surface area contributed by atoms with Gasteiger partial charge in [-0.1, -0.05) is 6.92 Å². The molecule has 0 aromatic carbocycles. The zero-order valence-corrected chi connectivity index (χ0v) is 17.3. The average molecular weight is 398 g/mol. The number of rotatable bonds is 6. The van der Waals surface area contributed by atoms with Gasteiger partial charge >= 0.3 is 0 Å². The highest BCUT2D eigenvalue weighted by Gasteiger charge is 2.38. The molecule has 1 amide bonds. The quantitative estimate of drug-likeness (QED) is 0.747. The van der Waals surface area contributed by atoms with Gasteiger partial charge < -0.3 is 10.2 Å². The topological polar surface area (TPSA) is 98.4 Å². The fourth-order valence-corrected chi connectivity index (χ4v) is 6.12. The van der Waals surface area contributed by atoms with Crippen molar-refractivity contribution in [3.05, 3.63) is 11.4 Å². The summed E-state index contributed by atoms with van der Waals surface area (Å²) in [5.74, 6) is -0.167. The van der Waals surface area contributed by atoms with Gasteiger partial charge in [0.1, 0.15) is 4.90 Å². The molecule has 3 heterocycles. The minimum Gasteiger partial charge on any atom is -0.338 e. The Balaban J connectivity index is 1.77. The molecular formula is C18H31N5O3S. The van der Waals surface area contributed by atoms with Crippen LogP contribution < -0.4 is 5.32 Å². The van der Waals surface area contributed by atoms with E-state index in [9.17, 15) is 13.2 Å². The van der Waals surface area contributed by atoms with E-state index in [0.29, 0.717) is 24.4 Å². The van der Waals surface area contributed by atoms with Crippen molar-refractivity contribution in [1.29, 1.82) is 0 Å². The molecule has 2 N–H and O–H groups in total. The number of sulfonamides is 1. The number of carbonyl (C=O) groups is 1. The molecule has 0 saturated carbocycles. The van der Waals surface area contributed by atoms with Crippen LogP contribution in [-0.4, -0.2) is 72.5 Å². The van der Waals surface area contributed by atoms with Gasteiger partial charge in [-0.25, -0.2) is 8.42 Å². The van der Waals surface area contributed by atoms with Crippen LogP contribution in [0.5, 0.6) is 0 Å². The summed E-state index contributed by atoms with van der Waals surface area (Å²) in [5, 5.41) is 10.1. The fraction of sp³-hybridized carbons (Fsp3) is 0.778. The molecule has 2 fully saturated rings. The first-order valence-corrected chi connectivity index (χ1v) is 11.3. The van der Waals surface area contributed by atoms with Crippen molar-refractivity contribution in [2.75, 3.05) is 32.7 Å². The first kappa shape index (κ1) is 20.3. The summed E-state index contributed by atoms with van der Waals surface area (Å²) in [6, 6.07) is 0.225. The molecular weight excluding hydrogens is 366 g/mol. The Labute approximate surface area is 161 Å². The third kappa shape index (κ3) is 4.05. The van der Waals surface area contributed by atoms with Crippen LogP contribution in [-0.2, 0) is 14.8 Å². The van der Waals surface area contributed by atoms with Gasteiger partial charge in [0, 0.05) is 32.2 Å². The molecule has 0 bridgehead atoms. The van der Waals surface area contributed by atoms with E-state index < -0.39 is 10.0 Å². The summed E-state index contributed by atoms with van der Waals surface area (Å²) in [6.45, 7) is 8.69. The Kier molecular flexibility index (Phi) is 6.22. The lowest BCUT2D eigenvalue weighted by Gasteiger charge is -2.36. The number of amides is 1. The highest BCUT2D eigenvalue weighted by atomic mass is 32.2. The summed E-state index contributed by atoms with van der Waals surface area (Å²) in [5.41, 5.74) is 1.02. The van der Waals surface area contributed by atoms with Gasteiger partial charge in [-0.05, 0) is 46.1 Å². The van der Waals surface area contributed by atoms with Crippen molar-refractivity contribution < 1.29 is 13.2 Å². The molecule has 2 atom stereocenters. The van der Waals surface area contributed by atoms with E-state index in [0.717, 1.165) is 38.9 Å². The lowest BCUT2D eigenvalue weighted by molar-refractivity contribution is -0.138. The van der Waals surface area contributed by atoms with Crippen LogP contribution in [0.4, 0.5) is 0 Å². The zero-order valence-electron chi connectivity index (χ0n) is 16.5. The number of hydrogen-bond acceptors (Lipinski definition) is 5. The van der Waals surface area contributed by atoms with Gasteiger partial charge in [0.25, 0.3) is 0 Å². The molecule has 2 saturated heterocycles. The molecule has 2 aliphatic heterocycles. The smallest absolute Gasteiger partial charge is 0.246 e. The Morgan fingerprint density at radius 2 is 2.11 bits per heavy atom. The van der Waals surface area contributed by atoms with Gasteiger partial charge in [0.15, 0.2) is 0 Å². The van der Waals surface area contributed by atoms with E-state index in [-0.39, 0.29) is 29.3 Å². The van der Waals surface area contributed by atoms with E-state index in [1.54, 1.807) is 13.8 Å². The summed E-state index contributed by atoms with van der Waals surface area (Å²) in [4.78, 5) is 15.5. The lowest BCUT2D eigenvalue weighted by Crippen LogP contribution is -2.50. The molecule has 27 heavy (non-hydrogen) atoms. The number of nitrogens with zero attached hydrogens (tertiary/aromatic N) is 3. The van der Waals surface area contributed by atoms with Gasteiger partial charge in [0.2, 0.25) is 15.9 Å². The number of hydrogen-bond donors (Lipinski definition) is 2. The van der Waals surface area contributed by atoms with Crippen LogP contribution in [0.3, 0.4) is 0 Å². The second-order valence-corrected chi connectivity index (χ2v) is 9.52. The molecule has 2 unspecified atom stereocenters. The van der Waals surface area contributed by atoms with Crippen LogP contribution in [0.1, 0.15) is 44.0 Å². The van der Waals surface area contributed by atoms with E-state index in [1.807, 2.05) is 4.90 Å². The lowest BCUT2D eigenvalue weighted by atomic mass is 9.97. The van der Waals surface area contributed by atoms with E-state index >= 15 is 0 Å². The first-order valence-electron chi connectivity index (χ1n) is 9.89. The first-order chi connectivity index (χ1) is 12.9. The number of H-pyrrole nitrogens is 1. The second-order valence-electron chi connectivity index (χ2n) is 7.64. The molecule has 9 heteroatoms. The van der Waals surface area contributed by atoms with Crippen LogP contribution in [0.25, 0.3) is 0 Å². The van der Waals surface area contributed by atoms with E-state index in [4.69, 9.17) is 0 Å². The highest BCUT2D eigenvalue weighted by molar-refractivity contribution is 7.89. The van der Waals surface area contributed by atoms with Gasteiger partial charge in [-0.2, -0.15) is 9.40 Å². The molecule has 8 nitrogen and oxygen atoms in total. The normalized spacial score (nSPS) is 24.3.